The Morgan fingerprint density at radius 3 is 2.17 bits per heavy atom. The van der Waals surface area contributed by atoms with E-state index in [1.54, 1.807) is 13.2 Å². The molecule has 0 aromatic heterocycles. The van der Waals surface area contributed by atoms with Crippen LogP contribution in [0.25, 0.3) is 10.8 Å². The fraction of sp³-hybridized carbons (Fsp3) is 0.158. The van der Waals surface area contributed by atoms with E-state index in [1.807, 2.05) is 30.3 Å². The summed E-state index contributed by atoms with van der Waals surface area (Å²) in [5, 5.41) is 5.49. The lowest BCUT2D eigenvalue weighted by atomic mass is 10.1. The minimum Gasteiger partial charge on any atom is -0.497 e. The van der Waals surface area contributed by atoms with Gasteiger partial charge in [-0.2, -0.15) is 0 Å². The lowest BCUT2D eigenvalue weighted by molar-refractivity contribution is 0.415. The Balaban J connectivity index is 1.66. The third-order valence-electron chi connectivity index (χ3n) is 3.75. The largest absolute Gasteiger partial charge is 0.497 e. The van der Waals surface area contributed by atoms with Gasteiger partial charge in [-0.1, -0.05) is 24.3 Å². The maximum Gasteiger partial charge on any atom is 0.159 e. The monoisotopic (exact) mass is 313 g/mol. The second-order valence-electron chi connectivity index (χ2n) is 5.40. The molecule has 0 bridgehead atoms. The molecule has 0 atom stereocenters. The Labute approximate surface area is 133 Å². The van der Waals surface area contributed by atoms with Gasteiger partial charge < -0.3 is 10.1 Å². The van der Waals surface area contributed by atoms with Gasteiger partial charge in [0.15, 0.2) is 11.6 Å². The van der Waals surface area contributed by atoms with Gasteiger partial charge >= 0.3 is 0 Å². The van der Waals surface area contributed by atoms with Crippen molar-refractivity contribution in [3.05, 3.63) is 77.4 Å². The highest BCUT2D eigenvalue weighted by Gasteiger charge is 2.03. The summed E-state index contributed by atoms with van der Waals surface area (Å²) in [7, 11) is 1.65. The number of fused-ring (bicyclic) bond motifs is 1. The molecule has 0 unspecified atom stereocenters. The molecule has 0 saturated heterocycles. The van der Waals surface area contributed by atoms with Gasteiger partial charge in [-0.25, -0.2) is 8.78 Å². The molecule has 0 heterocycles. The first kappa shape index (κ1) is 15.4. The van der Waals surface area contributed by atoms with E-state index >= 15 is 0 Å². The molecule has 0 fully saturated rings. The summed E-state index contributed by atoms with van der Waals surface area (Å²) in [6, 6.07) is 16.1. The molecule has 2 nitrogen and oxygen atoms in total. The number of hydrogen-bond acceptors (Lipinski definition) is 2. The molecule has 0 spiro atoms. The van der Waals surface area contributed by atoms with Crippen molar-refractivity contribution in [1.82, 2.24) is 5.32 Å². The Bertz CT molecular complexity index is 833. The molecule has 0 aliphatic heterocycles. The molecule has 3 aromatic rings. The predicted octanol–water partition coefficient (Wildman–Crippen LogP) is 4.42. The summed E-state index contributed by atoms with van der Waals surface area (Å²) in [5.74, 6) is -0.802. The normalized spacial score (nSPS) is 10.9. The van der Waals surface area contributed by atoms with E-state index in [2.05, 4.69) is 11.4 Å². The Morgan fingerprint density at radius 2 is 1.43 bits per heavy atom. The first-order valence-electron chi connectivity index (χ1n) is 7.37. The van der Waals surface area contributed by atoms with Crippen LogP contribution < -0.4 is 10.1 Å². The molecular weight excluding hydrogens is 296 g/mol. The van der Waals surface area contributed by atoms with Gasteiger partial charge in [0.1, 0.15) is 5.75 Å². The topological polar surface area (TPSA) is 21.3 Å². The zero-order valence-electron chi connectivity index (χ0n) is 12.8. The lowest BCUT2D eigenvalue weighted by Gasteiger charge is -2.08. The number of benzene rings is 3. The van der Waals surface area contributed by atoms with E-state index in [0.717, 1.165) is 33.7 Å². The standard InChI is InChI=1S/C19H17F2NO/c1-23-17-6-5-15-8-13(2-4-16(15)10-17)11-22-12-14-3-7-18(20)19(21)9-14/h2-10,22H,11-12H2,1H3. The Hall–Kier alpha value is -2.46. The van der Waals surface area contributed by atoms with Crippen LogP contribution in [0, 0.1) is 11.6 Å². The third-order valence-corrected chi connectivity index (χ3v) is 3.75. The molecule has 0 amide bonds. The third kappa shape index (κ3) is 3.66. The van der Waals surface area contributed by atoms with Crippen molar-refractivity contribution in [2.45, 2.75) is 13.1 Å². The molecule has 0 radical (unpaired) electrons. The minimum atomic E-state index is -0.821. The van der Waals surface area contributed by atoms with E-state index in [-0.39, 0.29) is 0 Å². The zero-order chi connectivity index (χ0) is 16.2. The van der Waals surface area contributed by atoms with Crippen molar-refractivity contribution in [3.8, 4) is 5.75 Å². The van der Waals surface area contributed by atoms with Crippen molar-refractivity contribution in [2.75, 3.05) is 7.11 Å². The fourth-order valence-electron chi connectivity index (χ4n) is 2.51. The first-order chi connectivity index (χ1) is 11.2. The maximum atomic E-state index is 13.2. The van der Waals surface area contributed by atoms with Gasteiger partial charge in [-0.05, 0) is 52.2 Å². The van der Waals surface area contributed by atoms with Gasteiger partial charge in [-0.3, -0.25) is 0 Å². The number of nitrogens with one attached hydrogen (secondary N) is 1. The lowest BCUT2D eigenvalue weighted by Crippen LogP contribution is -2.12. The zero-order valence-corrected chi connectivity index (χ0v) is 12.8. The van der Waals surface area contributed by atoms with Crippen molar-refractivity contribution >= 4 is 10.8 Å². The quantitative estimate of drug-likeness (QED) is 0.753. The van der Waals surface area contributed by atoms with Crippen LogP contribution in [0.3, 0.4) is 0 Å². The van der Waals surface area contributed by atoms with Crippen molar-refractivity contribution < 1.29 is 13.5 Å². The molecule has 0 aliphatic carbocycles. The van der Waals surface area contributed by atoms with E-state index in [9.17, 15) is 8.78 Å². The highest BCUT2D eigenvalue weighted by molar-refractivity contribution is 5.84. The summed E-state index contributed by atoms with van der Waals surface area (Å²) in [4.78, 5) is 0. The van der Waals surface area contributed by atoms with Gasteiger partial charge in [0, 0.05) is 13.1 Å². The predicted molar refractivity (Wildman–Crippen MR) is 87.4 cm³/mol. The van der Waals surface area contributed by atoms with E-state index in [1.165, 1.54) is 6.07 Å². The number of rotatable bonds is 5. The average Bonchev–Trinajstić information content (AvgIpc) is 2.57. The Morgan fingerprint density at radius 1 is 0.783 bits per heavy atom. The van der Waals surface area contributed by atoms with E-state index in [0.29, 0.717) is 13.1 Å². The van der Waals surface area contributed by atoms with Gasteiger partial charge in [0.25, 0.3) is 0 Å². The van der Waals surface area contributed by atoms with Crippen LogP contribution in [0.15, 0.2) is 54.6 Å². The minimum absolute atomic E-state index is 0.484. The van der Waals surface area contributed by atoms with Crippen molar-refractivity contribution in [3.63, 3.8) is 0 Å². The molecule has 118 valence electrons. The van der Waals surface area contributed by atoms with Crippen LogP contribution >= 0.6 is 0 Å². The highest BCUT2D eigenvalue weighted by Crippen LogP contribution is 2.21. The second-order valence-corrected chi connectivity index (χ2v) is 5.40. The molecule has 0 saturated carbocycles. The van der Waals surface area contributed by atoms with Crippen LogP contribution in [0.5, 0.6) is 5.75 Å². The molecular formula is C19H17F2NO. The summed E-state index contributed by atoms with van der Waals surface area (Å²) >= 11 is 0. The van der Waals surface area contributed by atoms with Crippen LogP contribution in [0.4, 0.5) is 8.78 Å². The highest BCUT2D eigenvalue weighted by atomic mass is 19.2. The summed E-state index contributed by atoms with van der Waals surface area (Å²) in [6.45, 7) is 1.14. The van der Waals surface area contributed by atoms with Crippen LogP contribution in [0.1, 0.15) is 11.1 Å². The van der Waals surface area contributed by atoms with Gasteiger partial charge in [0.05, 0.1) is 7.11 Å². The number of halogens is 2. The van der Waals surface area contributed by atoms with Crippen LogP contribution in [-0.2, 0) is 13.1 Å². The molecule has 3 rings (SSSR count). The maximum absolute atomic E-state index is 13.2. The molecule has 3 aromatic carbocycles. The van der Waals surface area contributed by atoms with Crippen LogP contribution in [-0.4, -0.2) is 7.11 Å². The smallest absolute Gasteiger partial charge is 0.159 e. The summed E-state index contributed by atoms with van der Waals surface area (Å²) < 4.78 is 31.3. The van der Waals surface area contributed by atoms with Crippen molar-refractivity contribution in [1.29, 1.82) is 0 Å². The summed E-state index contributed by atoms with van der Waals surface area (Å²) in [6.07, 6.45) is 0. The number of hydrogen-bond donors (Lipinski definition) is 1. The molecule has 1 N–H and O–H groups in total. The second kappa shape index (κ2) is 6.75. The van der Waals surface area contributed by atoms with Gasteiger partial charge in [0.2, 0.25) is 0 Å². The molecule has 4 heteroatoms. The average molecular weight is 313 g/mol. The number of methoxy groups -OCH3 is 1. The fourth-order valence-corrected chi connectivity index (χ4v) is 2.51. The van der Waals surface area contributed by atoms with Crippen LogP contribution in [0.2, 0.25) is 0 Å². The SMILES string of the molecule is COc1ccc2cc(CNCc3ccc(F)c(F)c3)ccc2c1. The van der Waals surface area contributed by atoms with Crippen molar-refractivity contribution in [2.24, 2.45) is 0 Å². The summed E-state index contributed by atoms with van der Waals surface area (Å²) in [5.41, 5.74) is 1.85. The first-order valence-corrected chi connectivity index (χ1v) is 7.37. The van der Waals surface area contributed by atoms with Gasteiger partial charge in [-0.15, -0.1) is 0 Å². The molecule has 23 heavy (non-hydrogen) atoms. The van der Waals surface area contributed by atoms with E-state index < -0.39 is 11.6 Å². The molecule has 0 aliphatic rings. The number of ether oxygens (including phenoxy) is 1. The Kier molecular flexibility index (Phi) is 4.53. The van der Waals surface area contributed by atoms with E-state index in [4.69, 9.17) is 4.74 Å².